The Morgan fingerprint density at radius 1 is 1.17 bits per heavy atom. The second kappa shape index (κ2) is 8.31. The van der Waals surface area contributed by atoms with Crippen molar-refractivity contribution in [1.29, 1.82) is 0 Å². The van der Waals surface area contributed by atoms with Crippen molar-refractivity contribution >= 4 is 33.2 Å². The topological polar surface area (TPSA) is 53.3 Å². The lowest BCUT2D eigenvalue weighted by Crippen LogP contribution is -3.19. The van der Waals surface area contributed by atoms with Crippen LogP contribution in [0.5, 0.6) is 5.75 Å². The van der Waals surface area contributed by atoms with E-state index >= 15 is 0 Å². The first kappa shape index (κ1) is 20.7. The van der Waals surface area contributed by atoms with Crippen molar-refractivity contribution in [1.82, 2.24) is 5.32 Å². The first-order valence-electron chi connectivity index (χ1n) is 10.3. The van der Waals surface area contributed by atoms with E-state index in [0.717, 1.165) is 52.3 Å². The minimum Gasteiger partial charge on any atom is -0.507 e. The lowest BCUT2D eigenvalue weighted by atomic mass is 9.89. The third-order valence-corrected chi connectivity index (χ3v) is 7.08. The number of likely N-dealkylation sites (tertiary alicyclic amines) is 1. The molecule has 6 heteroatoms. The normalized spacial score (nSPS) is 27.0. The predicted molar refractivity (Wildman–Crippen MR) is 121 cm³/mol. The molecule has 0 bridgehead atoms. The number of phenols is 1. The molecular formula is C23H29BrClN3O+2. The zero-order valence-corrected chi connectivity index (χ0v) is 19.2. The molecule has 2 aromatic rings. The van der Waals surface area contributed by atoms with E-state index in [-0.39, 0.29) is 11.7 Å². The summed E-state index contributed by atoms with van der Waals surface area (Å²) in [5.41, 5.74) is 3.11. The molecule has 1 unspecified atom stereocenters. The van der Waals surface area contributed by atoms with Gasteiger partial charge in [-0.15, -0.1) is 0 Å². The fourth-order valence-corrected chi connectivity index (χ4v) is 5.08. The molecule has 0 amide bonds. The zero-order chi connectivity index (χ0) is 20.6. The fraction of sp³-hybridized carbons (Fsp3) is 0.391. The smallest absolute Gasteiger partial charge is 0.180 e. The highest BCUT2D eigenvalue weighted by molar-refractivity contribution is 9.10. The summed E-state index contributed by atoms with van der Waals surface area (Å²) in [4.78, 5) is 1.66. The molecular weight excluding hydrogens is 450 g/mol. The van der Waals surface area contributed by atoms with Crippen LogP contribution >= 0.6 is 27.5 Å². The summed E-state index contributed by atoms with van der Waals surface area (Å²) in [7, 11) is 0. The molecule has 1 spiro atoms. The Labute approximate surface area is 186 Å². The van der Waals surface area contributed by atoms with Crippen LogP contribution in [0.4, 0.5) is 0 Å². The maximum absolute atomic E-state index is 10.6. The van der Waals surface area contributed by atoms with Crippen molar-refractivity contribution in [2.75, 3.05) is 13.1 Å². The van der Waals surface area contributed by atoms with Crippen LogP contribution in [-0.2, 0) is 0 Å². The quantitative estimate of drug-likeness (QED) is 0.548. The molecule has 1 saturated heterocycles. The van der Waals surface area contributed by atoms with Gasteiger partial charge in [0.1, 0.15) is 11.8 Å². The molecule has 0 aromatic heterocycles. The molecule has 154 valence electrons. The largest absolute Gasteiger partial charge is 0.507 e. The number of nitrogens with one attached hydrogen (secondary N) is 2. The maximum Gasteiger partial charge on any atom is 0.180 e. The molecule has 0 radical (unpaired) electrons. The van der Waals surface area contributed by atoms with Crippen LogP contribution in [0.25, 0.3) is 5.70 Å². The number of aromatic hydroxyl groups is 1. The first-order valence-corrected chi connectivity index (χ1v) is 11.5. The van der Waals surface area contributed by atoms with E-state index in [1.807, 2.05) is 24.3 Å². The first-order chi connectivity index (χ1) is 13.8. The summed E-state index contributed by atoms with van der Waals surface area (Å²) in [6, 6.07) is 14.3. The van der Waals surface area contributed by atoms with Gasteiger partial charge in [-0.25, -0.2) is 0 Å². The van der Waals surface area contributed by atoms with Crippen LogP contribution in [0, 0.1) is 0 Å². The molecule has 2 heterocycles. The number of piperidine rings is 1. The summed E-state index contributed by atoms with van der Waals surface area (Å²) in [5, 5.41) is 17.6. The highest BCUT2D eigenvalue weighted by atomic mass is 79.9. The molecule has 4 nitrogen and oxygen atoms in total. The third kappa shape index (κ3) is 4.48. The van der Waals surface area contributed by atoms with Gasteiger partial charge in [0.2, 0.25) is 0 Å². The zero-order valence-electron chi connectivity index (χ0n) is 16.9. The summed E-state index contributed by atoms with van der Waals surface area (Å²) >= 11 is 9.68. The van der Waals surface area contributed by atoms with E-state index < -0.39 is 0 Å². The Morgan fingerprint density at radius 2 is 1.86 bits per heavy atom. The average Bonchev–Trinajstić information content (AvgIpc) is 2.70. The van der Waals surface area contributed by atoms with Gasteiger partial charge in [0.25, 0.3) is 0 Å². The molecule has 2 aliphatic heterocycles. The second-order valence-corrected chi connectivity index (χ2v) is 9.93. The van der Waals surface area contributed by atoms with Gasteiger partial charge in [0, 0.05) is 21.3 Å². The molecule has 0 aliphatic carbocycles. The Bertz CT molecular complexity index is 905. The number of benzene rings is 2. The van der Waals surface area contributed by atoms with Crippen LogP contribution < -0.4 is 15.5 Å². The van der Waals surface area contributed by atoms with Gasteiger partial charge in [0.05, 0.1) is 37.5 Å². The Morgan fingerprint density at radius 3 is 2.52 bits per heavy atom. The van der Waals surface area contributed by atoms with Crippen LogP contribution in [-0.4, -0.2) is 29.9 Å². The van der Waals surface area contributed by atoms with Crippen LogP contribution in [0.2, 0.25) is 5.02 Å². The molecule has 1 fully saturated rings. The molecule has 2 aromatic carbocycles. The van der Waals surface area contributed by atoms with Gasteiger partial charge in [-0.1, -0.05) is 39.7 Å². The van der Waals surface area contributed by atoms with Crippen molar-refractivity contribution in [3.8, 4) is 5.75 Å². The van der Waals surface area contributed by atoms with E-state index in [1.165, 1.54) is 0 Å². The molecule has 4 rings (SSSR count). The van der Waals surface area contributed by atoms with Gasteiger partial charge in [-0.2, -0.15) is 0 Å². The molecule has 0 saturated carbocycles. The van der Waals surface area contributed by atoms with Gasteiger partial charge < -0.3 is 20.6 Å². The SMILES string of the molecule is CC(C)[NH+]1CCC2(CC1)NC(c1ccc(Cl)cc1)=CC(c1cc(Br)ccc1O)[NH2+]2. The van der Waals surface area contributed by atoms with Crippen LogP contribution in [0.3, 0.4) is 0 Å². The predicted octanol–water partition coefficient (Wildman–Crippen LogP) is 2.84. The van der Waals surface area contributed by atoms with Crippen molar-refractivity contribution in [3.63, 3.8) is 0 Å². The Kier molecular flexibility index (Phi) is 5.94. The van der Waals surface area contributed by atoms with E-state index in [4.69, 9.17) is 11.6 Å². The maximum atomic E-state index is 10.6. The lowest BCUT2D eigenvalue weighted by Gasteiger charge is -2.44. The molecule has 2 aliphatic rings. The number of halogens is 2. The minimum absolute atomic E-state index is 0.0417. The number of hydrogen-bond acceptors (Lipinski definition) is 2. The summed E-state index contributed by atoms with van der Waals surface area (Å²) in [6.45, 7) is 6.89. The monoisotopic (exact) mass is 477 g/mol. The van der Waals surface area contributed by atoms with E-state index in [2.05, 4.69) is 58.6 Å². The van der Waals surface area contributed by atoms with Gasteiger partial charge in [-0.3, -0.25) is 0 Å². The van der Waals surface area contributed by atoms with Crippen molar-refractivity contribution in [2.45, 2.75) is 44.4 Å². The standard InChI is InChI=1S/C23H27BrClN3O/c1-15(2)28-11-9-23(10-12-28)26-20(16-3-6-18(25)7-4-16)14-21(27-23)19-13-17(24)5-8-22(19)29/h3-8,13-15,21,26-27,29H,9-12H2,1-2H3/p+2. The average molecular weight is 479 g/mol. The number of phenolic OH excluding ortho intramolecular Hbond substituents is 1. The highest BCUT2D eigenvalue weighted by Gasteiger charge is 2.45. The Hall–Kier alpha value is -1.53. The van der Waals surface area contributed by atoms with E-state index in [1.54, 1.807) is 11.0 Å². The lowest BCUT2D eigenvalue weighted by molar-refractivity contribution is -0.938. The van der Waals surface area contributed by atoms with E-state index in [9.17, 15) is 5.11 Å². The highest BCUT2D eigenvalue weighted by Crippen LogP contribution is 2.32. The minimum atomic E-state index is -0.0679. The molecule has 29 heavy (non-hydrogen) atoms. The Balaban J connectivity index is 1.71. The molecule has 1 atom stereocenters. The van der Waals surface area contributed by atoms with Crippen LogP contribution in [0.1, 0.15) is 43.9 Å². The number of nitrogens with two attached hydrogens (primary N) is 1. The number of hydrogen-bond donors (Lipinski definition) is 4. The van der Waals surface area contributed by atoms with Crippen molar-refractivity contribution in [2.24, 2.45) is 0 Å². The van der Waals surface area contributed by atoms with Gasteiger partial charge in [0.15, 0.2) is 5.66 Å². The fourth-order valence-electron chi connectivity index (χ4n) is 4.58. The summed E-state index contributed by atoms with van der Waals surface area (Å²) < 4.78 is 0.979. The van der Waals surface area contributed by atoms with Crippen LogP contribution in [0.15, 0.2) is 53.0 Å². The second-order valence-electron chi connectivity index (χ2n) is 8.58. The third-order valence-electron chi connectivity index (χ3n) is 6.33. The molecule has 5 N–H and O–H groups in total. The summed E-state index contributed by atoms with van der Waals surface area (Å²) in [5.74, 6) is 0.337. The van der Waals surface area contributed by atoms with Gasteiger partial charge >= 0.3 is 0 Å². The van der Waals surface area contributed by atoms with Crippen molar-refractivity contribution < 1.29 is 15.3 Å². The van der Waals surface area contributed by atoms with Gasteiger partial charge in [-0.05, 0) is 49.7 Å². The van der Waals surface area contributed by atoms with Crippen molar-refractivity contribution in [3.05, 3.63) is 69.2 Å². The van der Waals surface area contributed by atoms with E-state index in [0.29, 0.717) is 11.8 Å². The number of rotatable bonds is 3. The summed E-state index contributed by atoms with van der Waals surface area (Å²) in [6.07, 6.45) is 4.38. The number of quaternary nitrogens is 2.